The van der Waals surface area contributed by atoms with Gasteiger partial charge in [-0.15, -0.1) is 0 Å². The van der Waals surface area contributed by atoms with Crippen LogP contribution in [0.1, 0.15) is 20.3 Å². The summed E-state index contributed by atoms with van der Waals surface area (Å²) in [5.41, 5.74) is 0. The molecule has 12 heavy (non-hydrogen) atoms. The van der Waals surface area contributed by atoms with Crippen LogP contribution < -0.4 is 0 Å². The molecule has 0 heterocycles. The molecule has 0 aliphatic rings. The third kappa shape index (κ3) is 4.04. The summed E-state index contributed by atoms with van der Waals surface area (Å²) in [6.07, 6.45) is -1.06. The van der Waals surface area contributed by atoms with Gasteiger partial charge in [0.15, 0.2) is 0 Å². The van der Waals surface area contributed by atoms with E-state index in [0.717, 1.165) is 0 Å². The lowest BCUT2D eigenvalue weighted by Crippen LogP contribution is -2.32. The standard InChI is InChI=1S/C8H15BrFNO/c1-3-11(4-2)8(12)5-7(10)6-9/h7H,3-6H2,1-2H3/t7-/m0/s1. The first-order valence-corrected chi connectivity index (χ1v) is 5.25. The van der Waals surface area contributed by atoms with E-state index < -0.39 is 6.17 Å². The quantitative estimate of drug-likeness (QED) is 0.673. The Kier molecular flexibility index (Phi) is 6.34. The summed E-state index contributed by atoms with van der Waals surface area (Å²) in [4.78, 5) is 12.9. The van der Waals surface area contributed by atoms with Crippen LogP contribution in [-0.4, -0.2) is 35.4 Å². The lowest BCUT2D eigenvalue weighted by molar-refractivity contribution is -0.131. The Bertz CT molecular complexity index is 139. The van der Waals surface area contributed by atoms with Gasteiger partial charge in [-0.05, 0) is 13.8 Å². The van der Waals surface area contributed by atoms with Crippen LogP contribution in [0.3, 0.4) is 0 Å². The first kappa shape index (κ1) is 11.9. The summed E-state index contributed by atoms with van der Waals surface area (Å²) < 4.78 is 12.7. The van der Waals surface area contributed by atoms with Crippen molar-refractivity contribution >= 4 is 21.8 Å². The molecule has 0 saturated heterocycles. The normalized spacial score (nSPS) is 12.7. The van der Waals surface area contributed by atoms with E-state index in [1.807, 2.05) is 13.8 Å². The first-order valence-electron chi connectivity index (χ1n) is 4.13. The van der Waals surface area contributed by atoms with Crippen molar-refractivity contribution in [1.82, 2.24) is 4.90 Å². The number of nitrogens with zero attached hydrogens (tertiary/aromatic N) is 1. The topological polar surface area (TPSA) is 20.3 Å². The molecule has 0 bridgehead atoms. The second-order valence-corrected chi connectivity index (χ2v) is 3.17. The van der Waals surface area contributed by atoms with Gasteiger partial charge in [-0.2, -0.15) is 0 Å². The van der Waals surface area contributed by atoms with Crippen molar-refractivity contribution in [1.29, 1.82) is 0 Å². The predicted octanol–water partition coefficient (Wildman–Crippen LogP) is 1.98. The van der Waals surface area contributed by atoms with E-state index in [4.69, 9.17) is 0 Å². The average molecular weight is 240 g/mol. The summed E-state index contributed by atoms with van der Waals surface area (Å²) in [6, 6.07) is 0. The minimum atomic E-state index is -1.06. The molecule has 0 radical (unpaired) electrons. The van der Waals surface area contributed by atoms with Crippen molar-refractivity contribution in [3.8, 4) is 0 Å². The smallest absolute Gasteiger partial charge is 0.225 e. The molecule has 2 nitrogen and oxygen atoms in total. The maximum Gasteiger partial charge on any atom is 0.225 e. The number of halogens is 2. The third-order valence-corrected chi connectivity index (χ3v) is 2.38. The lowest BCUT2D eigenvalue weighted by Gasteiger charge is -2.19. The predicted molar refractivity (Wildman–Crippen MR) is 51.2 cm³/mol. The molecule has 0 spiro atoms. The Balaban J connectivity index is 3.84. The van der Waals surface area contributed by atoms with Crippen LogP contribution in [0.5, 0.6) is 0 Å². The van der Waals surface area contributed by atoms with Gasteiger partial charge >= 0.3 is 0 Å². The molecule has 1 atom stereocenters. The van der Waals surface area contributed by atoms with Gasteiger partial charge in [0.05, 0.1) is 6.42 Å². The van der Waals surface area contributed by atoms with Gasteiger partial charge in [0.1, 0.15) is 6.17 Å². The van der Waals surface area contributed by atoms with Crippen LogP contribution in [0.25, 0.3) is 0 Å². The zero-order valence-corrected chi connectivity index (χ0v) is 9.10. The van der Waals surface area contributed by atoms with E-state index in [2.05, 4.69) is 15.9 Å². The molecule has 0 aliphatic heterocycles. The Labute approximate surface area is 81.2 Å². The second kappa shape index (κ2) is 6.40. The summed E-state index contributed by atoms with van der Waals surface area (Å²) in [5, 5.41) is 0.236. The molecule has 4 heteroatoms. The number of hydrogen-bond acceptors (Lipinski definition) is 1. The zero-order chi connectivity index (χ0) is 9.56. The van der Waals surface area contributed by atoms with Gasteiger partial charge in [-0.1, -0.05) is 15.9 Å². The van der Waals surface area contributed by atoms with Gasteiger partial charge in [0, 0.05) is 18.4 Å². The molecule has 0 N–H and O–H groups in total. The van der Waals surface area contributed by atoms with Gasteiger partial charge in [0.2, 0.25) is 5.91 Å². The molecule has 0 aromatic rings. The lowest BCUT2D eigenvalue weighted by atomic mass is 10.2. The monoisotopic (exact) mass is 239 g/mol. The second-order valence-electron chi connectivity index (χ2n) is 2.52. The van der Waals surface area contributed by atoms with E-state index >= 15 is 0 Å². The van der Waals surface area contributed by atoms with Crippen molar-refractivity contribution in [2.45, 2.75) is 26.4 Å². The molecule has 0 unspecified atom stereocenters. The number of rotatable bonds is 5. The highest BCUT2D eigenvalue weighted by molar-refractivity contribution is 9.09. The van der Waals surface area contributed by atoms with Crippen LogP contribution in [0.15, 0.2) is 0 Å². The highest BCUT2D eigenvalue weighted by atomic mass is 79.9. The van der Waals surface area contributed by atoms with Gasteiger partial charge in [-0.25, -0.2) is 4.39 Å². The van der Waals surface area contributed by atoms with Crippen molar-refractivity contribution in [3.63, 3.8) is 0 Å². The Morgan fingerprint density at radius 2 is 2.00 bits per heavy atom. The Morgan fingerprint density at radius 1 is 1.50 bits per heavy atom. The SMILES string of the molecule is CCN(CC)C(=O)C[C@H](F)CBr. The number of carbonyl (C=O) groups is 1. The Morgan fingerprint density at radius 3 is 2.33 bits per heavy atom. The van der Waals surface area contributed by atoms with Crippen LogP contribution in [-0.2, 0) is 4.79 Å². The van der Waals surface area contributed by atoms with Crippen LogP contribution in [0.4, 0.5) is 4.39 Å². The summed E-state index contributed by atoms with van der Waals surface area (Å²) >= 11 is 2.99. The fraction of sp³-hybridized carbons (Fsp3) is 0.875. The zero-order valence-electron chi connectivity index (χ0n) is 7.52. The molecule has 0 saturated carbocycles. The van der Waals surface area contributed by atoms with Crippen molar-refractivity contribution in [2.75, 3.05) is 18.4 Å². The van der Waals surface area contributed by atoms with E-state index in [9.17, 15) is 9.18 Å². The van der Waals surface area contributed by atoms with Gasteiger partial charge in [-0.3, -0.25) is 4.79 Å². The summed E-state index contributed by atoms with van der Waals surface area (Å²) in [6.45, 7) is 5.10. The third-order valence-electron chi connectivity index (χ3n) is 1.68. The van der Waals surface area contributed by atoms with Crippen LogP contribution in [0.2, 0.25) is 0 Å². The first-order chi connectivity index (χ1) is 5.65. The fourth-order valence-electron chi connectivity index (χ4n) is 0.949. The van der Waals surface area contributed by atoms with Gasteiger partial charge in [0.25, 0.3) is 0 Å². The van der Waals surface area contributed by atoms with Crippen molar-refractivity contribution in [2.24, 2.45) is 0 Å². The molecule has 0 aliphatic carbocycles. The average Bonchev–Trinajstić information content (AvgIpc) is 2.06. The van der Waals surface area contributed by atoms with E-state index in [-0.39, 0.29) is 17.7 Å². The van der Waals surface area contributed by atoms with Crippen LogP contribution >= 0.6 is 15.9 Å². The molecule has 72 valence electrons. The maximum absolute atomic E-state index is 12.7. The largest absolute Gasteiger partial charge is 0.343 e. The number of amides is 1. The molecule has 0 aromatic carbocycles. The molecular formula is C8H15BrFNO. The molecule has 1 amide bonds. The van der Waals surface area contributed by atoms with E-state index in [0.29, 0.717) is 13.1 Å². The minimum absolute atomic E-state index is 0.00701. The minimum Gasteiger partial charge on any atom is -0.343 e. The molecule has 0 rings (SSSR count). The van der Waals surface area contributed by atoms with E-state index in [1.54, 1.807) is 4.90 Å². The highest BCUT2D eigenvalue weighted by Gasteiger charge is 2.15. The number of hydrogen-bond donors (Lipinski definition) is 0. The molecule has 0 fully saturated rings. The number of alkyl halides is 2. The summed E-state index contributed by atoms with van der Waals surface area (Å²) in [7, 11) is 0. The molecular weight excluding hydrogens is 225 g/mol. The molecule has 0 aromatic heterocycles. The Hall–Kier alpha value is -0.120. The number of carbonyl (C=O) groups excluding carboxylic acids is 1. The van der Waals surface area contributed by atoms with E-state index in [1.165, 1.54) is 0 Å². The van der Waals surface area contributed by atoms with Crippen LogP contribution in [0, 0.1) is 0 Å². The van der Waals surface area contributed by atoms with Crippen molar-refractivity contribution in [3.05, 3.63) is 0 Å². The highest BCUT2D eigenvalue weighted by Crippen LogP contribution is 2.05. The van der Waals surface area contributed by atoms with Gasteiger partial charge < -0.3 is 4.90 Å². The maximum atomic E-state index is 12.7. The van der Waals surface area contributed by atoms with Crippen molar-refractivity contribution < 1.29 is 9.18 Å². The fourth-order valence-corrected chi connectivity index (χ4v) is 1.18. The summed E-state index contributed by atoms with van der Waals surface area (Å²) in [5.74, 6) is -0.105.